The minimum absolute atomic E-state index is 0.0468. The summed E-state index contributed by atoms with van der Waals surface area (Å²) in [6.45, 7) is 6.00. The van der Waals surface area contributed by atoms with E-state index in [1.54, 1.807) is 24.3 Å². The minimum Gasteiger partial charge on any atom is -0.484 e. The molecular weight excluding hydrogens is 402 g/mol. The third kappa shape index (κ3) is 6.47. The summed E-state index contributed by atoms with van der Waals surface area (Å²) in [5.74, 6) is 0.178. The second kappa shape index (κ2) is 11.0. The predicted molar refractivity (Wildman–Crippen MR) is 118 cm³/mol. The van der Waals surface area contributed by atoms with Gasteiger partial charge >= 0.3 is 0 Å². The Hall–Kier alpha value is -2.57. The van der Waals surface area contributed by atoms with Crippen molar-refractivity contribution in [3.63, 3.8) is 0 Å². The van der Waals surface area contributed by atoms with E-state index in [2.05, 4.69) is 17.1 Å². The monoisotopic (exact) mass is 429 g/mol. The quantitative estimate of drug-likeness (QED) is 0.700. The van der Waals surface area contributed by atoms with Gasteiger partial charge in [0.15, 0.2) is 6.61 Å². The van der Waals surface area contributed by atoms with Gasteiger partial charge in [-0.15, -0.1) is 0 Å². The van der Waals surface area contributed by atoms with Crippen molar-refractivity contribution in [1.29, 1.82) is 0 Å². The Labute approximate surface area is 182 Å². The number of carbonyl (C=O) groups is 2. The first-order valence-corrected chi connectivity index (χ1v) is 10.7. The van der Waals surface area contributed by atoms with Gasteiger partial charge in [0.05, 0.1) is 0 Å². The molecule has 1 atom stereocenters. The van der Waals surface area contributed by atoms with E-state index in [4.69, 9.17) is 16.3 Å². The first-order chi connectivity index (χ1) is 14.5. The zero-order chi connectivity index (χ0) is 21.3. The molecule has 160 valence electrons. The lowest BCUT2D eigenvalue weighted by atomic mass is 10.0. The molecule has 0 saturated carbocycles. The molecule has 0 bridgehead atoms. The molecule has 0 aliphatic carbocycles. The van der Waals surface area contributed by atoms with Crippen molar-refractivity contribution in [2.45, 2.75) is 19.4 Å². The number of benzene rings is 2. The molecule has 1 unspecified atom stereocenters. The van der Waals surface area contributed by atoms with Gasteiger partial charge in [0.25, 0.3) is 5.91 Å². The van der Waals surface area contributed by atoms with E-state index in [1.165, 1.54) is 0 Å². The summed E-state index contributed by atoms with van der Waals surface area (Å²) in [7, 11) is 0. The molecule has 1 aliphatic heterocycles. The lowest BCUT2D eigenvalue weighted by Crippen LogP contribution is -2.56. The number of hydrogen-bond donors (Lipinski definition) is 1. The summed E-state index contributed by atoms with van der Waals surface area (Å²) >= 11 is 5.87. The second-order valence-corrected chi connectivity index (χ2v) is 7.75. The van der Waals surface area contributed by atoms with Gasteiger partial charge in [0, 0.05) is 37.6 Å². The Morgan fingerprint density at radius 3 is 2.33 bits per heavy atom. The molecule has 0 radical (unpaired) electrons. The maximum atomic E-state index is 13.2. The molecule has 1 saturated heterocycles. The van der Waals surface area contributed by atoms with Crippen molar-refractivity contribution in [3.8, 4) is 5.75 Å². The van der Waals surface area contributed by atoms with Crippen LogP contribution in [0, 0.1) is 0 Å². The first kappa shape index (κ1) is 22.1. The fourth-order valence-corrected chi connectivity index (χ4v) is 3.60. The van der Waals surface area contributed by atoms with Crippen LogP contribution in [-0.2, 0) is 16.0 Å². The van der Waals surface area contributed by atoms with Crippen LogP contribution in [0.2, 0.25) is 5.02 Å². The van der Waals surface area contributed by atoms with E-state index in [1.807, 2.05) is 35.2 Å². The van der Waals surface area contributed by atoms with Crippen LogP contribution >= 0.6 is 11.6 Å². The van der Waals surface area contributed by atoms with E-state index in [-0.39, 0.29) is 18.4 Å². The molecule has 30 heavy (non-hydrogen) atoms. The minimum atomic E-state index is -0.623. The van der Waals surface area contributed by atoms with Crippen LogP contribution in [0.3, 0.4) is 0 Å². The number of nitrogens with zero attached hydrogens (tertiary/aromatic N) is 2. The molecule has 1 fully saturated rings. The second-order valence-electron chi connectivity index (χ2n) is 7.31. The zero-order valence-corrected chi connectivity index (χ0v) is 18.0. The normalized spacial score (nSPS) is 15.5. The highest BCUT2D eigenvalue weighted by atomic mass is 35.5. The molecule has 0 spiro atoms. The molecular formula is C23H28ClN3O3. The Balaban J connectivity index is 1.62. The summed E-state index contributed by atoms with van der Waals surface area (Å²) in [6.07, 6.45) is 0.445. The third-order valence-corrected chi connectivity index (χ3v) is 5.48. The van der Waals surface area contributed by atoms with Crippen LogP contribution in [0.1, 0.15) is 12.5 Å². The SMILES string of the molecule is CCN1CCN(C(=O)C(Cc2ccccc2)NC(=O)COc2ccc(Cl)cc2)CC1. The molecule has 1 aliphatic rings. The fourth-order valence-electron chi connectivity index (χ4n) is 3.47. The van der Waals surface area contributed by atoms with Crippen LogP contribution in [0.5, 0.6) is 5.75 Å². The van der Waals surface area contributed by atoms with E-state index in [0.29, 0.717) is 30.3 Å². The molecule has 1 heterocycles. The van der Waals surface area contributed by atoms with E-state index < -0.39 is 6.04 Å². The van der Waals surface area contributed by atoms with E-state index in [0.717, 1.165) is 25.2 Å². The lowest BCUT2D eigenvalue weighted by Gasteiger charge is -2.36. The summed E-state index contributed by atoms with van der Waals surface area (Å²) in [5, 5.41) is 3.48. The number of halogens is 1. The highest BCUT2D eigenvalue weighted by molar-refractivity contribution is 6.30. The third-order valence-electron chi connectivity index (χ3n) is 5.23. The van der Waals surface area contributed by atoms with Gasteiger partial charge in [0.1, 0.15) is 11.8 Å². The Morgan fingerprint density at radius 1 is 1.03 bits per heavy atom. The van der Waals surface area contributed by atoms with E-state index >= 15 is 0 Å². The topological polar surface area (TPSA) is 61.9 Å². The van der Waals surface area contributed by atoms with Crippen molar-refractivity contribution in [3.05, 3.63) is 65.2 Å². The standard InChI is InChI=1S/C23H28ClN3O3/c1-2-26-12-14-27(15-13-26)23(29)21(16-18-6-4-3-5-7-18)25-22(28)17-30-20-10-8-19(24)9-11-20/h3-11,21H,2,12-17H2,1H3,(H,25,28). The van der Waals surface area contributed by atoms with Crippen molar-refractivity contribution < 1.29 is 14.3 Å². The van der Waals surface area contributed by atoms with Gasteiger partial charge in [-0.05, 0) is 36.4 Å². The molecule has 0 aromatic heterocycles. The van der Waals surface area contributed by atoms with Crippen molar-refractivity contribution in [2.75, 3.05) is 39.3 Å². The molecule has 1 N–H and O–H groups in total. The highest BCUT2D eigenvalue weighted by Crippen LogP contribution is 2.15. The number of likely N-dealkylation sites (N-methyl/N-ethyl adjacent to an activating group) is 1. The smallest absolute Gasteiger partial charge is 0.258 e. The molecule has 3 rings (SSSR count). The summed E-state index contributed by atoms with van der Waals surface area (Å²) in [4.78, 5) is 29.9. The molecule has 7 heteroatoms. The van der Waals surface area contributed by atoms with Gasteiger partial charge in [-0.2, -0.15) is 0 Å². The number of hydrogen-bond acceptors (Lipinski definition) is 4. The fraction of sp³-hybridized carbons (Fsp3) is 0.391. The average molecular weight is 430 g/mol. The summed E-state index contributed by atoms with van der Waals surface area (Å²) in [6, 6.07) is 15.9. The highest BCUT2D eigenvalue weighted by Gasteiger charge is 2.28. The van der Waals surface area contributed by atoms with Gasteiger partial charge in [-0.25, -0.2) is 0 Å². The molecule has 2 aromatic carbocycles. The largest absolute Gasteiger partial charge is 0.484 e. The van der Waals surface area contributed by atoms with Crippen LogP contribution < -0.4 is 10.1 Å². The number of piperazine rings is 1. The molecule has 2 aromatic rings. The molecule has 2 amide bonds. The maximum absolute atomic E-state index is 13.2. The Morgan fingerprint density at radius 2 is 1.70 bits per heavy atom. The number of ether oxygens (including phenoxy) is 1. The lowest BCUT2D eigenvalue weighted by molar-refractivity contribution is -0.138. The first-order valence-electron chi connectivity index (χ1n) is 10.3. The van der Waals surface area contributed by atoms with Crippen molar-refractivity contribution in [2.24, 2.45) is 0 Å². The van der Waals surface area contributed by atoms with Crippen LogP contribution in [0.25, 0.3) is 0 Å². The predicted octanol–water partition coefficient (Wildman–Crippen LogP) is 2.61. The van der Waals surface area contributed by atoms with Crippen LogP contribution in [0.4, 0.5) is 0 Å². The number of amides is 2. The molecule has 6 nitrogen and oxygen atoms in total. The number of nitrogens with one attached hydrogen (secondary N) is 1. The summed E-state index contributed by atoms with van der Waals surface area (Å²) in [5.41, 5.74) is 1.00. The van der Waals surface area contributed by atoms with Crippen molar-refractivity contribution in [1.82, 2.24) is 15.1 Å². The van der Waals surface area contributed by atoms with Crippen molar-refractivity contribution >= 4 is 23.4 Å². The number of carbonyl (C=O) groups excluding carboxylic acids is 2. The Bertz CT molecular complexity index is 821. The van der Waals surface area contributed by atoms with Crippen LogP contribution in [0.15, 0.2) is 54.6 Å². The van der Waals surface area contributed by atoms with Gasteiger partial charge < -0.3 is 19.9 Å². The van der Waals surface area contributed by atoms with Crippen LogP contribution in [-0.4, -0.2) is 67.0 Å². The van der Waals surface area contributed by atoms with Gasteiger partial charge in [0.2, 0.25) is 5.91 Å². The zero-order valence-electron chi connectivity index (χ0n) is 17.2. The Kier molecular flexibility index (Phi) is 8.11. The van der Waals surface area contributed by atoms with Gasteiger partial charge in [-0.3, -0.25) is 9.59 Å². The summed E-state index contributed by atoms with van der Waals surface area (Å²) < 4.78 is 5.53. The number of rotatable bonds is 8. The van der Waals surface area contributed by atoms with Gasteiger partial charge in [-0.1, -0.05) is 48.9 Å². The maximum Gasteiger partial charge on any atom is 0.258 e. The van der Waals surface area contributed by atoms with E-state index in [9.17, 15) is 9.59 Å². The average Bonchev–Trinajstić information content (AvgIpc) is 2.78.